The zero-order valence-corrected chi connectivity index (χ0v) is 39.5. The topological polar surface area (TPSA) is 198 Å². The monoisotopic (exact) mass is 946 g/mol. The van der Waals surface area contributed by atoms with Crippen molar-refractivity contribution in [2.75, 3.05) is 69.6 Å². The Balaban J connectivity index is 0.667. The van der Waals surface area contributed by atoms with Gasteiger partial charge in [0.1, 0.15) is 6.04 Å². The maximum atomic E-state index is 13.4. The van der Waals surface area contributed by atoms with Crippen molar-refractivity contribution in [2.45, 2.75) is 100 Å². The van der Waals surface area contributed by atoms with E-state index in [2.05, 4.69) is 35.6 Å². The first kappa shape index (κ1) is 48.4. The minimum Gasteiger partial charge on any atom is -0.355 e. The molecule has 0 bridgehead atoms. The summed E-state index contributed by atoms with van der Waals surface area (Å²) in [6.07, 6.45) is 16.9. The summed E-state index contributed by atoms with van der Waals surface area (Å²) in [7, 11) is 0. The van der Waals surface area contributed by atoms with Crippen molar-refractivity contribution in [3.63, 3.8) is 0 Å². The molecular weight excluding hydrogens is 885 g/mol. The number of pyridine rings is 1. The van der Waals surface area contributed by atoms with Crippen LogP contribution in [0.3, 0.4) is 0 Å². The number of carbonyl (C=O) groups is 7. The summed E-state index contributed by atoms with van der Waals surface area (Å²) < 4.78 is 0. The van der Waals surface area contributed by atoms with Crippen LogP contribution in [0.2, 0.25) is 0 Å². The number of unbranched alkanes of at least 4 members (excludes halogenated alkanes) is 3. The third kappa shape index (κ3) is 12.2. The van der Waals surface area contributed by atoms with E-state index in [0.717, 1.165) is 126 Å². The summed E-state index contributed by atoms with van der Waals surface area (Å²) in [5.41, 5.74) is 1.88. The van der Waals surface area contributed by atoms with Crippen LogP contribution in [0.25, 0.3) is 6.08 Å². The number of aromatic nitrogens is 3. The lowest BCUT2D eigenvalue weighted by Gasteiger charge is -2.43. The van der Waals surface area contributed by atoms with Gasteiger partial charge in [-0.25, -0.2) is 0 Å². The Bertz CT molecular complexity index is 2330. The van der Waals surface area contributed by atoms with Crippen LogP contribution in [0.1, 0.15) is 120 Å². The van der Waals surface area contributed by atoms with Gasteiger partial charge in [-0.15, -0.1) is 22.0 Å². The highest BCUT2D eigenvalue weighted by atomic mass is 32.2. The molecule has 1 unspecified atom stereocenters. The van der Waals surface area contributed by atoms with Crippen molar-refractivity contribution in [3.8, 4) is 0 Å². The first-order valence-electron chi connectivity index (χ1n) is 24.4. The first-order valence-corrected chi connectivity index (χ1v) is 25.3. The Labute approximate surface area is 401 Å². The molecule has 4 saturated heterocycles. The largest absolute Gasteiger partial charge is 0.355 e. The minimum absolute atomic E-state index is 0.0643. The maximum Gasteiger partial charge on any atom is 0.274 e. The maximum absolute atomic E-state index is 13.4. The summed E-state index contributed by atoms with van der Waals surface area (Å²) in [5, 5.41) is 14.0. The minimum atomic E-state index is -0.991. The molecule has 68 heavy (non-hydrogen) atoms. The number of benzene rings is 1. The van der Waals surface area contributed by atoms with E-state index in [9.17, 15) is 33.6 Å². The fourth-order valence-corrected chi connectivity index (χ4v) is 11.1. The summed E-state index contributed by atoms with van der Waals surface area (Å²) in [5.74, 6) is 0.0869. The average molecular weight is 947 g/mol. The van der Waals surface area contributed by atoms with Crippen LogP contribution in [0.5, 0.6) is 0 Å². The Morgan fingerprint density at radius 1 is 0.779 bits per heavy atom. The highest BCUT2D eigenvalue weighted by Gasteiger charge is 2.45. The summed E-state index contributed by atoms with van der Waals surface area (Å²) in [6, 6.07) is 12.1. The molecule has 0 aliphatic carbocycles. The zero-order valence-electron chi connectivity index (χ0n) is 38.7. The van der Waals surface area contributed by atoms with Gasteiger partial charge in [0.15, 0.2) is 11.5 Å². The number of piperidine rings is 3. The zero-order chi connectivity index (χ0) is 47.4. The lowest BCUT2D eigenvalue weighted by molar-refractivity contribution is -0.136. The number of nitrogens with one attached hydrogen (secondary N) is 2. The van der Waals surface area contributed by atoms with Crippen LogP contribution in [-0.2, 0) is 19.2 Å². The van der Waals surface area contributed by atoms with Crippen LogP contribution in [0, 0.1) is 5.92 Å². The van der Waals surface area contributed by atoms with Crippen molar-refractivity contribution in [3.05, 3.63) is 83.3 Å². The van der Waals surface area contributed by atoms with Gasteiger partial charge in [0, 0.05) is 101 Å². The fourth-order valence-electron chi connectivity index (χ4n) is 9.97. The van der Waals surface area contributed by atoms with Gasteiger partial charge in [0.25, 0.3) is 17.7 Å². The molecule has 3 aromatic rings. The highest BCUT2D eigenvalue weighted by molar-refractivity contribution is 7.99. The third-order valence-electron chi connectivity index (χ3n) is 13.9. The van der Waals surface area contributed by atoms with Gasteiger partial charge >= 0.3 is 0 Å². The molecule has 2 aromatic heterocycles. The molecule has 1 aromatic carbocycles. The number of rotatable bonds is 18. The van der Waals surface area contributed by atoms with Crippen LogP contribution in [-0.4, -0.2) is 153 Å². The molecule has 7 amide bonds. The van der Waals surface area contributed by atoms with Gasteiger partial charge in [-0.3, -0.25) is 53.7 Å². The van der Waals surface area contributed by atoms with Crippen molar-refractivity contribution < 1.29 is 33.6 Å². The Kier molecular flexibility index (Phi) is 16.6. The molecular formula is C50H62N10O7S. The number of thioether (sulfide) groups is 1. The van der Waals surface area contributed by atoms with Crippen molar-refractivity contribution in [1.82, 2.24) is 45.4 Å². The molecule has 5 aliphatic rings. The van der Waals surface area contributed by atoms with Crippen LogP contribution >= 0.6 is 11.8 Å². The highest BCUT2D eigenvalue weighted by Crippen LogP contribution is 2.35. The predicted molar refractivity (Wildman–Crippen MR) is 256 cm³/mol. The van der Waals surface area contributed by atoms with E-state index in [1.54, 1.807) is 36.7 Å². The number of anilines is 1. The van der Waals surface area contributed by atoms with Crippen LogP contribution in [0.15, 0.2) is 65.8 Å². The normalized spacial score (nSPS) is 19.7. The molecule has 18 heteroatoms. The summed E-state index contributed by atoms with van der Waals surface area (Å²) in [4.78, 5) is 104. The van der Waals surface area contributed by atoms with Crippen molar-refractivity contribution >= 4 is 65.0 Å². The van der Waals surface area contributed by atoms with Crippen molar-refractivity contribution in [1.29, 1.82) is 0 Å². The molecule has 2 N–H and O–H groups in total. The Hall–Kier alpha value is -6.01. The van der Waals surface area contributed by atoms with Gasteiger partial charge in [0.2, 0.25) is 23.6 Å². The quantitative estimate of drug-likeness (QED) is 0.0778. The fraction of sp³-hybridized carbons (Fsp3) is 0.520. The molecule has 4 fully saturated rings. The van der Waals surface area contributed by atoms with E-state index in [1.807, 2.05) is 40.1 Å². The standard InChI is InChI=1S/C50H62N10O7S/c61-43(17-13-36-9-7-23-51-34-36)52-24-4-3-8-35-19-25-59(26-20-35)49(66)39-14-16-42(55-54-39)57-27-21-37(22-28-57)56-29-31-58(32-30-56)45(63)12-2-1-5-33-68-41-11-6-10-38-46(41)50(67)60(48(38)65)40-15-18-44(62)53-47(40)64/h6-7,9-11,13-14,16-17,23,34-35,37,40H,1-5,8,12,15,18-22,24-33H2,(H,52,61)(H,53,62,64)/b17-13+. The first-order chi connectivity index (χ1) is 33.1. The second kappa shape index (κ2) is 23.3. The third-order valence-corrected chi connectivity index (χ3v) is 15.1. The van der Waals surface area contributed by atoms with Gasteiger partial charge in [-0.05, 0) is 105 Å². The lowest BCUT2D eigenvalue weighted by atomic mass is 9.91. The second-order valence-electron chi connectivity index (χ2n) is 18.3. The number of likely N-dealkylation sites (tertiary alicyclic amines) is 1. The van der Waals surface area contributed by atoms with Crippen LogP contribution in [0.4, 0.5) is 5.82 Å². The predicted octanol–water partition coefficient (Wildman–Crippen LogP) is 4.59. The number of fused-ring (bicyclic) bond motifs is 1. The molecule has 1 atom stereocenters. The number of amides is 7. The molecule has 8 rings (SSSR count). The Morgan fingerprint density at radius 3 is 2.32 bits per heavy atom. The number of hydrogen-bond donors (Lipinski definition) is 2. The van der Waals surface area contributed by atoms with E-state index in [1.165, 1.54) is 11.8 Å². The van der Waals surface area contributed by atoms with Gasteiger partial charge in [-0.1, -0.05) is 31.4 Å². The van der Waals surface area contributed by atoms with Crippen LogP contribution < -0.4 is 15.5 Å². The second-order valence-corrected chi connectivity index (χ2v) is 19.5. The van der Waals surface area contributed by atoms with E-state index < -0.39 is 29.7 Å². The molecule has 17 nitrogen and oxygen atoms in total. The lowest BCUT2D eigenvalue weighted by Crippen LogP contribution is -2.54. The smallest absolute Gasteiger partial charge is 0.274 e. The number of carbonyl (C=O) groups excluding carboxylic acids is 7. The average Bonchev–Trinajstić information content (AvgIpc) is 3.63. The number of piperazine rings is 1. The number of imide groups is 2. The van der Waals surface area contributed by atoms with E-state index >= 15 is 0 Å². The van der Waals surface area contributed by atoms with Gasteiger partial charge in [0.05, 0.1) is 11.1 Å². The van der Waals surface area contributed by atoms with E-state index in [4.69, 9.17) is 0 Å². The van der Waals surface area contributed by atoms with E-state index in [-0.39, 0.29) is 36.1 Å². The molecule has 7 heterocycles. The van der Waals surface area contributed by atoms with E-state index in [0.29, 0.717) is 54.2 Å². The number of hydrogen-bond acceptors (Lipinski definition) is 13. The molecule has 5 aliphatic heterocycles. The molecule has 0 saturated carbocycles. The molecule has 360 valence electrons. The SMILES string of the molecule is O=C(/C=C/c1cccnc1)NCCCCC1CCN(C(=O)c2ccc(N3CCC(N4CCN(C(=O)CCCCCSc5cccc6c5C(=O)N(C5CCC(=O)NC5=O)C6=O)CC4)CC3)nn2)CC1. The number of nitrogens with zero attached hydrogens (tertiary/aromatic N) is 8. The summed E-state index contributed by atoms with van der Waals surface area (Å²) >= 11 is 1.50. The Morgan fingerprint density at radius 2 is 1.59 bits per heavy atom. The molecule has 0 spiro atoms. The van der Waals surface area contributed by atoms with Crippen molar-refractivity contribution in [2.24, 2.45) is 5.92 Å². The van der Waals surface area contributed by atoms with Gasteiger partial charge < -0.3 is 20.0 Å². The summed E-state index contributed by atoms with van der Waals surface area (Å²) in [6.45, 7) is 6.95. The van der Waals surface area contributed by atoms with Gasteiger partial charge in [-0.2, -0.15) is 0 Å². The molecule has 0 radical (unpaired) electrons.